The van der Waals surface area contributed by atoms with E-state index in [0.717, 1.165) is 19.6 Å². The van der Waals surface area contributed by atoms with E-state index in [1.807, 2.05) is 12.1 Å². The smallest absolute Gasteiger partial charge is 0.297 e. The van der Waals surface area contributed by atoms with Crippen LogP contribution < -0.4 is 18.9 Å². The minimum atomic E-state index is 0. The summed E-state index contributed by atoms with van der Waals surface area (Å²) in [6, 6.07) is 22.1. The predicted molar refractivity (Wildman–Crippen MR) is 71.5 cm³/mol. The SMILES string of the molecule is CCN(Cc1[c-]cccc1)Cc1ccccc1.[Li+]. The molecule has 0 aliphatic rings. The first kappa shape index (κ1) is 15.1. The summed E-state index contributed by atoms with van der Waals surface area (Å²) in [6.07, 6.45) is 0. The summed E-state index contributed by atoms with van der Waals surface area (Å²) in [4.78, 5) is 2.42. The molecule has 0 spiro atoms. The van der Waals surface area contributed by atoms with Crippen LogP contribution in [0.3, 0.4) is 0 Å². The summed E-state index contributed by atoms with van der Waals surface area (Å²) in [5.74, 6) is 0. The number of rotatable bonds is 5. The molecule has 0 amide bonds. The molecular formula is C16H18LiN. The van der Waals surface area contributed by atoms with Gasteiger partial charge in [-0.15, -0.1) is 5.56 Å². The van der Waals surface area contributed by atoms with E-state index in [0.29, 0.717) is 0 Å². The Morgan fingerprint density at radius 1 is 0.944 bits per heavy atom. The van der Waals surface area contributed by atoms with Gasteiger partial charge in [0.15, 0.2) is 0 Å². The van der Waals surface area contributed by atoms with Crippen LogP contribution in [-0.2, 0) is 13.1 Å². The van der Waals surface area contributed by atoms with Gasteiger partial charge in [0.2, 0.25) is 0 Å². The van der Waals surface area contributed by atoms with Gasteiger partial charge >= 0.3 is 18.9 Å². The van der Waals surface area contributed by atoms with E-state index in [4.69, 9.17) is 0 Å². The van der Waals surface area contributed by atoms with Gasteiger partial charge in [0.25, 0.3) is 0 Å². The Labute approximate surface area is 122 Å². The second kappa shape index (κ2) is 8.16. The molecule has 0 saturated carbocycles. The first-order chi connectivity index (χ1) is 8.38. The molecule has 88 valence electrons. The van der Waals surface area contributed by atoms with Gasteiger partial charge < -0.3 is 0 Å². The van der Waals surface area contributed by atoms with Gasteiger partial charge in [-0.05, 0) is 12.1 Å². The standard InChI is InChI=1S/C16H18N.Li/c1-2-17(13-15-9-5-3-6-10-15)14-16-11-7-4-8-12-16;/h3-11H,2,13-14H2,1H3;/q-1;+1. The van der Waals surface area contributed by atoms with E-state index in [9.17, 15) is 0 Å². The van der Waals surface area contributed by atoms with Crippen LogP contribution in [-0.4, -0.2) is 11.4 Å². The average molecular weight is 231 g/mol. The van der Waals surface area contributed by atoms with E-state index < -0.39 is 0 Å². The van der Waals surface area contributed by atoms with Gasteiger partial charge in [-0.3, -0.25) is 4.90 Å². The zero-order valence-electron chi connectivity index (χ0n) is 11.3. The summed E-state index contributed by atoms with van der Waals surface area (Å²) in [5, 5.41) is 0. The molecule has 0 saturated heterocycles. The first-order valence-electron chi connectivity index (χ1n) is 6.10. The van der Waals surface area contributed by atoms with Crippen LogP contribution in [0.15, 0.2) is 54.6 Å². The zero-order valence-corrected chi connectivity index (χ0v) is 11.3. The molecule has 0 aliphatic heterocycles. The monoisotopic (exact) mass is 231 g/mol. The fourth-order valence-corrected chi connectivity index (χ4v) is 1.89. The molecule has 0 aromatic heterocycles. The largest absolute Gasteiger partial charge is 1.00 e. The summed E-state index contributed by atoms with van der Waals surface area (Å²) in [6.45, 7) is 5.22. The van der Waals surface area contributed by atoms with Crippen LogP contribution in [0.2, 0.25) is 0 Å². The molecule has 0 atom stereocenters. The van der Waals surface area contributed by atoms with Gasteiger partial charge in [-0.25, -0.2) is 0 Å². The summed E-state index contributed by atoms with van der Waals surface area (Å²) in [7, 11) is 0. The molecule has 2 aromatic rings. The second-order valence-electron chi connectivity index (χ2n) is 4.18. The molecule has 1 nitrogen and oxygen atoms in total. The van der Waals surface area contributed by atoms with E-state index in [1.54, 1.807) is 0 Å². The van der Waals surface area contributed by atoms with E-state index >= 15 is 0 Å². The summed E-state index contributed by atoms with van der Waals surface area (Å²) >= 11 is 0. The molecule has 0 bridgehead atoms. The van der Waals surface area contributed by atoms with Crippen molar-refractivity contribution in [1.82, 2.24) is 4.90 Å². The van der Waals surface area contributed by atoms with Crippen LogP contribution in [0, 0.1) is 6.07 Å². The van der Waals surface area contributed by atoms with Gasteiger partial charge in [-0.1, -0.05) is 37.3 Å². The predicted octanol–water partition coefficient (Wildman–Crippen LogP) is 0.513. The molecule has 0 fully saturated rings. The average Bonchev–Trinajstić information content (AvgIpc) is 2.40. The van der Waals surface area contributed by atoms with Crippen molar-refractivity contribution in [2.45, 2.75) is 20.0 Å². The maximum Gasteiger partial charge on any atom is 1.00 e. The number of nitrogens with zero attached hydrogens (tertiary/aromatic N) is 1. The fourth-order valence-electron chi connectivity index (χ4n) is 1.89. The van der Waals surface area contributed by atoms with Crippen molar-refractivity contribution in [3.05, 3.63) is 71.8 Å². The van der Waals surface area contributed by atoms with Crippen LogP contribution in [0.25, 0.3) is 0 Å². The van der Waals surface area contributed by atoms with Gasteiger partial charge in [0.05, 0.1) is 0 Å². The van der Waals surface area contributed by atoms with Crippen LogP contribution >= 0.6 is 0 Å². The van der Waals surface area contributed by atoms with Crippen molar-refractivity contribution < 1.29 is 18.9 Å². The molecule has 0 heterocycles. The third-order valence-electron chi connectivity index (χ3n) is 2.86. The molecule has 2 heteroatoms. The van der Waals surface area contributed by atoms with Crippen LogP contribution in [0.5, 0.6) is 0 Å². The van der Waals surface area contributed by atoms with Crippen molar-refractivity contribution in [3.8, 4) is 0 Å². The number of benzene rings is 2. The Morgan fingerprint density at radius 3 is 2.28 bits per heavy atom. The molecule has 0 N–H and O–H groups in total. The maximum atomic E-state index is 3.28. The summed E-state index contributed by atoms with van der Waals surface area (Å²) in [5.41, 5.74) is 2.62. The Morgan fingerprint density at radius 2 is 1.67 bits per heavy atom. The first-order valence-corrected chi connectivity index (χ1v) is 6.10. The van der Waals surface area contributed by atoms with E-state index in [1.165, 1.54) is 11.1 Å². The van der Waals surface area contributed by atoms with Crippen molar-refractivity contribution in [3.63, 3.8) is 0 Å². The molecule has 18 heavy (non-hydrogen) atoms. The third-order valence-corrected chi connectivity index (χ3v) is 2.86. The molecular weight excluding hydrogens is 213 g/mol. The topological polar surface area (TPSA) is 3.24 Å². The van der Waals surface area contributed by atoms with Gasteiger partial charge in [0, 0.05) is 13.1 Å². The minimum absolute atomic E-state index is 0. The van der Waals surface area contributed by atoms with Crippen molar-refractivity contribution in [2.24, 2.45) is 0 Å². The van der Waals surface area contributed by atoms with Crippen molar-refractivity contribution in [1.29, 1.82) is 0 Å². The minimum Gasteiger partial charge on any atom is -0.297 e. The maximum absolute atomic E-state index is 3.28. The van der Waals surface area contributed by atoms with Crippen LogP contribution in [0.1, 0.15) is 18.1 Å². The quantitative estimate of drug-likeness (QED) is 0.535. The Kier molecular flexibility index (Phi) is 6.83. The molecule has 2 aromatic carbocycles. The Hall–Kier alpha value is -1.00. The Balaban J connectivity index is 0.00000162. The molecule has 2 rings (SSSR count). The normalized spacial score (nSPS) is 10.1. The number of hydrogen-bond acceptors (Lipinski definition) is 1. The van der Waals surface area contributed by atoms with Gasteiger partial charge in [0.1, 0.15) is 0 Å². The van der Waals surface area contributed by atoms with Crippen molar-refractivity contribution >= 4 is 0 Å². The van der Waals surface area contributed by atoms with E-state index in [2.05, 4.69) is 60.4 Å². The molecule has 0 unspecified atom stereocenters. The molecule has 0 aliphatic carbocycles. The summed E-state index contributed by atoms with van der Waals surface area (Å²) < 4.78 is 0. The van der Waals surface area contributed by atoms with Crippen LogP contribution in [0.4, 0.5) is 0 Å². The fraction of sp³-hybridized carbons (Fsp3) is 0.250. The zero-order chi connectivity index (χ0) is 11.9. The van der Waals surface area contributed by atoms with Crippen molar-refractivity contribution in [2.75, 3.05) is 6.54 Å². The third kappa shape index (κ3) is 4.70. The van der Waals surface area contributed by atoms with E-state index in [-0.39, 0.29) is 18.9 Å². The number of hydrogen-bond donors (Lipinski definition) is 0. The molecule has 0 radical (unpaired) electrons. The van der Waals surface area contributed by atoms with Gasteiger partial charge in [-0.2, -0.15) is 30.3 Å². The second-order valence-corrected chi connectivity index (χ2v) is 4.18. The Bertz CT molecular complexity index is 386.